The first-order chi connectivity index (χ1) is 14.7. The second-order valence-electron chi connectivity index (χ2n) is 7.27. The first-order valence-corrected chi connectivity index (χ1v) is 9.82. The van der Waals surface area contributed by atoms with E-state index < -0.39 is 5.92 Å². The highest BCUT2D eigenvalue weighted by molar-refractivity contribution is 5.90. The van der Waals surface area contributed by atoms with E-state index in [-0.39, 0.29) is 11.9 Å². The van der Waals surface area contributed by atoms with Gasteiger partial charge in [0.25, 0.3) is 0 Å². The molecule has 0 radical (unpaired) electrons. The molecule has 4 aromatic rings. The first-order valence-electron chi connectivity index (χ1n) is 9.82. The van der Waals surface area contributed by atoms with Crippen molar-refractivity contribution in [3.05, 3.63) is 102 Å². The first kappa shape index (κ1) is 18.1. The molecule has 0 bridgehead atoms. The number of carbonyl (C=O) groups excluding carboxylic acids is 1. The van der Waals surface area contributed by atoms with Crippen LogP contribution in [0.3, 0.4) is 0 Å². The molecule has 1 atom stereocenters. The molecule has 3 aromatic carbocycles. The highest BCUT2D eigenvalue weighted by atomic mass is 16.5. The van der Waals surface area contributed by atoms with Crippen LogP contribution in [0.2, 0.25) is 0 Å². The predicted molar refractivity (Wildman–Crippen MR) is 113 cm³/mol. The van der Waals surface area contributed by atoms with E-state index in [0.717, 1.165) is 33.9 Å². The summed E-state index contributed by atoms with van der Waals surface area (Å²) < 4.78 is 7.70. The monoisotopic (exact) mass is 396 g/mol. The largest absolute Gasteiger partial charge is 0.457 e. The molecular formula is C24H20N4O2. The van der Waals surface area contributed by atoms with Gasteiger partial charge in [-0.3, -0.25) is 4.79 Å². The smallest absolute Gasteiger partial charge is 0.232 e. The van der Waals surface area contributed by atoms with Crippen LogP contribution >= 0.6 is 0 Å². The number of fused-ring (bicyclic) bond motifs is 2. The van der Waals surface area contributed by atoms with Gasteiger partial charge in [-0.05, 0) is 36.8 Å². The van der Waals surface area contributed by atoms with Crippen LogP contribution in [0.1, 0.15) is 35.6 Å². The van der Waals surface area contributed by atoms with Gasteiger partial charge in [-0.2, -0.15) is 5.10 Å². The van der Waals surface area contributed by atoms with Crippen molar-refractivity contribution in [1.29, 1.82) is 0 Å². The lowest BCUT2D eigenvalue weighted by Crippen LogP contribution is -2.33. The topological polar surface area (TPSA) is 69.0 Å². The van der Waals surface area contributed by atoms with E-state index in [4.69, 9.17) is 4.74 Å². The highest BCUT2D eigenvalue weighted by Crippen LogP contribution is 2.44. The normalized spacial score (nSPS) is 13.6. The van der Waals surface area contributed by atoms with Crippen molar-refractivity contribution >= 4 is 5.91 Å². The predicted octanol–water partition coefficient (Wildman–Crippen LogP) is 4.38. The fourth-order valence-corrected chi connectivity index (χ4v) is 3.83. The number of ether oxygens (including phenoxy) is 1. The summed E-state index contributed by atoms with van der Waals surface area (Å²) >= 11 is 0. The van der Waals surface area contributed by atoms with Crippen LogP contribution in [0, 0.1) is 0 Å². The van der Waals surface area contributed by atoms with Crippen LogP contribution in [-0.4, -0.2) is 20.7 Å². The van der Waals surface area contributed by atoms with E-state index in [9.17, 15) is 4.79 Å². The van der Waals surface area contributed by atoms with E-state index in [2.05, 4.69) is 15.4 Å². The number of rotatable bonds is 4. The Morgan fingerprint density at radius 2 is 1.60 bits per heavy atom. The van der Waals surface area contributed by atoms with E-state index >= 15 is 0 Å². The summed E-state index contributed by atoms with van der Waals surface area (Å²) in [5.41, 5.74) is 3.69. The lowest BCUT2D eigenvalue weighted by molar-refractivity contribution is -0.122. The number of hydrogen-bond acceptors (Lipinski definition) is 4. The number of aromatic nitrogens is 3. The molecular weight excluding hydrogens is 376 g/mol. The van der Waals surface area contributed by atoms with Gasteiger partial charge in [0.15, 0.2) is 0 Å². The molecule has 0 saturated heterocycles. The van der Waals surface area contributed by atoms with Crippen LogP contribution in [0.4, 0.5) is 0 Å². The van der Waals surface area contributed by atoms with Crippen LogP contribution in [-0.2, 0) is 4.79 Å². The van der Waals surface area contributed by atoms with Crippen molar-refractivity contribution < 1.29 is 9.53 Å². The third-order valence-corrected chi connectivity index (χ3v) is 5.38. The molecule has 1 N–H and O–H groups in total. The van der Waals surface area contributed by atoms with E-state index in [1.807, 2.05) is 79.7 Å². The number of nitrogens with one attached hydrogen (secondary N) is 1. The summed E-state index contributed by atoms with van der Waals surface area (Å²) in [4.78, 5) is 17.3. The molecule has 1 aliphatic heterocycles. The molecule has 30 heavy (non-hydrogen) atoms. The number of benzene rings is 3. The maximum Gasteiger partial charge on any atom is 0.232 e. The average Bonchev–Trinajstić information content (AvgIpc) is 3.32. The SMILES string of the molecule is C[C@@H](NC(=O)C1c2ccccc2Oc2ccccc21)c1ccc(-n2cncn2)cc1. The Balaban J connectivity index is 1.40. The molecule has 5 rings (SSSR count). The van der Waals surface area contributed by atoms with Gasteiger partial charge in [0.1, 0.15) is 24.2 Å². The van der Waals surface area contributed by atoms with Crippen LogP contribution in [0.5, 0.6) is 11.5 Å². The lowest BCUT2D eigenvalue weighted by atomic mass is 9.87. The molecule has 0 unspecified atom stereocenters. The Morgan fingerprint density at radius 3 is 2.20 bits per heavy atom. The third kappa shape index (κ3) is 3.22. The molecule has 148 valence electrons. The molecule has 0 fully saturated rings. The van der Waals surface area contributed by atoms with Crippen LogP contribution < -0.4 is 10.1 Å². The number of carbonyl (C=O) groups is 1. The van der Waals surface area contributed by atoms with E-state index in [1.165, 1.54) is 6.33 Å². The minimum atomic E-state index is -0.414. The fourth-order valence-electron chi connectivity index (χ4n) is 3.83. The van der Waals surface area contributed by atoms with Gasteiger partial charge in [-0.1, -0.05) is 48.5 Å². The zero-order chi connectivity index (χ0) is 20.5. The zero-order valence-electron chi connectivity index (χ0n) is 16.4. The summed E-state index contributed by atoms with van der Waals surface area (Å²) in [7, 11) is 0. The zero-order valence-corrected chi connectivity index (χ0v) is 16.4. The van der Waals surface area contributed by atoms with Crippen molar-refractivity contribution in [1.82, 2.24) is 20.1 Å². The minimum absolute atomic E-state index is 0.0500. The number of para-hydroxylation sites is 2. The van der Waals surface area contributed by atoms with E-state index in [0.29, 0.717) is 0 Å². The molecule has 0 aliphatic carbocycles. The summed E-state index contributed by atoms with van der Waals surface area (Å²) in [6.45, 7) is 1.99. The minimum Gasteiger partial charge on any atom is -0.457 e. The quantitative estimate of drug-likeness (QED) is 0.556. The average molecular weight is 396 g/mol. The highest BCUT2D eigenvalue weighted by Gasteiger charge is 2.32. The van der Waals surface area contributed by atoms with Crippen molar-refractivity contribution in [3.8, 4) is 17.2 Å². The molecule has 6 heteroatoms. The van der Waals surface area contributed by atoms with Crippen molar-refractivity contribution in [2.24, 2.45) is 0 Å². The molecule has 2 heterocycles. The summed E-state index contributed by atoms with van der Waals surface area (Å²) in [5, 5.41) is 7.31. The number of hydrogen-bond donors (Lipinski definition) is 1. The van der Waals surface area contributed by atoms with Gasteiger partial charge in [0.2, 0.25) is 5.91 Å². The number of amides is 1. The Kier molecular flexibility index (Phi) is 4.52. The maximum atomic E-state index is 13.4. The Labute approximate surface area is 174 Å². The Hall–Kier alpha value is -3.93. The van der Waals surface area contributed by atoms with Gasteiger partial charge >= 0.3 is 0 Å². The molecule has 6 nitrogen and oxygen atoms in total. The molecule has 1 amide bonds. The molecule has 0 saturated carbocycles. The second-order valence-corrected chi connectivity index (χ2v) is 7.27. The summed E-state index contributed by atoms with van der Waals surface area (Å²) in [6.07, 6.45) is 3.15. The van der Waals surface area contributed by atoms with Crippen LogP contribution in [0.15, 0.2) is 85.5 Å². The van der Waals surface area contributed by atoms with Gasteiger partial charge in [0.05, 0.1) is 17.6 Å². The maximum absolute atomic E-state index is 13.4. The summed E-state index contributed by atoms with van der Waals surface area (Å²) in [6, 6.07) is 23.2. The molecule has 1 aliphatic rings. The second kappa shape index (κ2) is 7.48. The molecule has 0 spiro atoms. The van der Waals surface area contributed by atoms with E-state index in [1.54, 1.807) is 11.0 Å². The van der Waals surface area contributed by atoms with Gasteiger partial charge in [0, 0.05) is 11.1 Å². The fraction of sp³-hybridized carbons (Fsp3) is 0.125. The van der Waals surface area contributed by atoms with Gasteiger partial charge in [-0.15, -0.1) is 0 Å². The molecule has 1 aromatic heterocycles. The third-order valence-electron chi connectivity index (χ3n) is 5.38. The summed E-state index contributed by atoms with van der Waals surface area (Å²) in [5.74, 6) is 0.983. The Morgan fingerprint density at radius 1 is 0.967 bits per heavy atom. The van der Waals surface area contributed by atoms with Crippen LogP contribution in [0.25, 0.3) is 5.69 Å². The van der Waals surface area contributed by atoms with Gasteiger partial charge < -0.3 is 10.1 Å². The standard InChI is InChI=1S/C24H20N4O2/c1-16(17-10-12-18(13-11-17)28-15-25-14-26-28)27-24(29)23-19-6-2-4-8-21(19)30-22-9-5-3-7-20(22)23/h2-16,23H,1H3,(H,27,29)/t16-/m1/s1. The van der Waals surface area contributed by atoms with Crippen molar-refractivity contribution in [3.63, 3.8) is 0 Å². The lowest BCUT2D eigenvalue weighted by Gasteiger charge is -2.28. The Bertz CT molecular complexity index is 1140. The van der Waals surface area contributed by atoms with Gasteiger partial charge in [-0.25, -0.2) is 9.67 Å². The van der Waals surface area contributed by atoms with Crippen molar-refractivity contribution in [2.45, 2.75) is 18.9 Å². The van der Waals surface area contributed by atoms with Crippen molar-refractivity contribution in [2.75, 3.05) is 0 Å². The number of nitrogens with zero attached hydrogens (tertiary/aromatic N) is 3.